The fraction of sp³-hybridized carbons (Fsp3) is 0.474. The van der Waals surface area contributed by atoms with Gasteiger partial charge in [0.05, 0.1) is 11.9 Å². The zero-order chi connectivity index (χ0) is 17.1. The molecule has 24 heavy (non-hydrogen) atoms. The summed E-state index contributed by atoms with van der Waals surface area (Å²) in [4.78, 5) is 15.0. The number of benzene rings is 1. The van der Waals surface area contributed by atoms with Crippen molar-refractivity contribution in [2.75, 3.05) is 11.9 Å². The van der Waals surface area contributed by atoms with Crippen molar-refractivity contribution in [2.45, 2.75) is 39.2 Å². The highest BCUT2D eigenvalue weighted by atomic mass is 16.2. The van der Waals surface area contributed by atoms with Crippen LogP contribution in [0.1, 0.15) is 43.5 Å². The molecule has 1 aromatic heterocycles. The molecule has 5 nitrogen and oxygen atoms in total. The van der Waals surface area contributed by atoms with Gasteiger partial charge in [0.15, 0.2) is 0 Å². The Morgan fingerprint density at radius 1 is 1.33 bits per heavy atom. The number of nitrogens with zero attached hydrogens (tertiary/aromatic N) is 3. The molecule has 0 aliphatic carbocycles. The van der Waals surface area contributed by atoms with E-state index in [4.69, 9.17) is 0 Å². The first-order valence-corrected chi connectivity index (χ1v) is 8.73. The maximum atomic E-state index is 13.0. The van der Waals surface area contributed by atoms with Crippen LogP contribution in [0, 0.1) is 5.92 Å². The molecule has 2 atom stereocenters. The number of hydrogen-bond acceptors (Lipinski definition) is 3. The van der Waals surface area contributed by atoms with E-state index in [9.17, 15) is 4.79 Å². The van der Waals surface area contributed by atoms with Crippen molar-refractivity contribution < 1.29 is 4.79 Å². The quantitative estimate of drug-likeness (QED) is 0.929. The summed E-state index contributed by atoms with van der Waals surface area (Å²) < 4.78 is 1.75. The number of carbonyl (C=O) groups is 1. The Balaban J connectivity index is 1.76. The van der Waals surface area contributed by atoms with Crippen LogP contribution < -0.4 is 5.32 Å². The van der Waals surface area contributed by atoms with Crippen LogP contribution >= 0.6 is 0 Å². The lowest BCUT2D eigenvalue weighted by Crippen LogP contribution is -2.45. The molecule has 0 radical (unpaired) electrons. The summed E-state index contributed by atoms with van der Waals surface area (Å²) in [6, 6.07) is 8.04. The predicted molar refractivity (Wildman–Crippen MR) is 96.4 cm³/mol. The fourth-order valence-electron chi connectivity index (χ4n) is 3.35. The number of hydrogen-bond donors (Lipinski definition) is 1. The van der Waals surface area contributed by atoms with Crippen molar-refractivity contribution in [1.29, 1.82) is 0 Å². The Kier molecular flexibility index (Phi) is 4.88. The van der Waals surface area contributed by atoms with Gasteiger partial charge in [-0.3, -0.25) is 9.48 Å². The average molecular weight is 326 g/mol. The summed E-state index contributed by atoms with van der Waals surface area (Å²) in [7, 11) is 1.88. The van der Waals surface area contributed by atoms with Gasteiger partial charge in [0.1, 0.15) is 0 Å². The first kappa shape index (κ1) is 16.6. The number of likely N-dealkylation sites (tertiary alicyclic amines) is 1. The van der Waals surface area contributed by atoms with E-state index in [1.165, 1.54) is 6.42 Å². The SMILES string of the molecule is CC[C@H]1CC[C@@H](C)N(C(=O)c2cccc(Nc3cnn(C)c3)c2)C1. The molecular weight excluding hydrogens is 300 g/mol. The number of carbonyl (C=O) groups excluding carboxylic acids is 1. The standard InChI is InChI=1S/C19H26N4O/c1-4-15-9-8-14(2)23(12-15)19(24)16-6-5-7-17(10-16)21-18-11-20-22(3)13-18/h5-7,10-11,13-15,21H,4,8-9,12H2,1-3H3/t14-,15+/m1/s1. The molecule has 5 heteroatoms. The van der Waals surface area contributed by atoms with E-state index >= 15 is 0 Å². The van der Waals surface area contributed by atoms with Gasteiger partial charge < -0.3 is 10.2 Å². The molecule has 1 aliphatic heterocycles. The Labute approximate surface area is 143 Å². The van der Waals surface area contributed by atoms with E-state index in [2.05, 4.69) is 24.3 Å². The first-order chi connectivity index (χ1) is 11.6. The summed E-state index contributed by atoms with van der Waals surface area (Å²) >= 11 is 0. The van der Waals surface area contributed by atoms with Gasteiger partial charge >= 0.3 is 0 Å². The van der Waals surface area contributed by atoms with E-state index < -0.39 is 0 Å². The molecule has 3 rings (SSSR count). The second kappa shape index (κ2) is 7.07. The second-order valence-corrected chi connectivity index (χ2v) is 6.77. The number of anilines is 2. The van der Waals surface area contributed by atoms with Crippen molar-refractivity contribution in [2.24, 2.45) is 13.0 Å². The lowest BCUT2D eigenvalue weighted by Gasteiger charge is -2.38. The second-order valence-electron chi connectivity index (χ2n) is 6.77. The van der Waals surface area contributed by atoms with E-state index in [1.54, 1.807) is 10.9 Å². The minimum absolute atomic E-state index is 0.135. The molecular formula is C19H26N4O. The highest BCUT2D eigenvalue weighted by molar-refractivity contribution is 5.95. The smallest absolute Gasteiger partial charge is 0.254 e. The monoisotopic (exact) mass is 326 g/mol. The highest BCUT2D eigenvalue weighted by Gasteiger charge is 2.28. The van der Waals surface area contributed by atoms with Crippen molar-refractivity contribution in [1.82, 2.24) is 14.7 Å². The molecule has 2 aromatic rings. The van der Waals surface area contributed by atoms with E-state index in [1.807, 2.05) is 42.4 Å². The third-order valence-corrected chi connectivity index (χ3v) is 4.92. The molecule has 1 N–H and O–H groups in total. The Morgan fingerprint density at radius 2 is 2.17 bits per heavy atom. The third kappa shape index (κ3) is 3.61. The molecule has 1 amide bonds. The van der Waals surface area contributed by atoms with Crippen LogP contribution in [0.25, 0.3) is 0 Å². The molecule has 2 heterocycles. The number of piperidine rings is 1. The summed E-state index contributed by atoms with van der Waals surface area (Å²) in [5.74, 6) is 0.761. The molecule has 1 aliphatic rings. The summed E-state index contributed by atoms with van der Waals surface area (Å²) in [5.41, 5.74) is 2.57. The van der Waals surface area contributed by atoms with Crippen LogP contribution in [-0.2, 0) is 7.05 Å². The Morgan fingerprint density at radius 3 is 2.88 bits per heavy atom. The molecule has 1 fully saturated rings. The van der Waals surface area contributed by atoms with Crippen LogP contribution in [0.2, 0.25) is 0 Å². The van der Waals surface area contributed by atoms with Gasteiger partial charge in [-0.1, -0.05) is 19.4 Å². The van der Waals surface area contributed by atoms with E-state index in [-0.39, 0.29) is 5.91 Å². The normalized spacial score (nSPS) is 20.9. The van der Waals surface area contributed by atoms with Crippen LogP contribution in [-0.4, -0.2) is 33.2 Å². The van der Waals surface area contributed by atoms with Crippen LogP contribution in [0.15, 0.2) is 36.7 Å². The zero-order valence-electron chi connectivity index (χ0n) is 14.7. The third-order valence-electron chi connectivity index (χ3n) is 4.92. The Bertz CT molecular complexity index is 709. The van der Waals surface area contributed by atoms with Crippen LogP contribution in [0.5, 0.6) is 0 Å². The maximum Gasteiger partial charge on any atom is 0.254 e. The number of aromatic nitrogens is 2. The molecule has 128 valence electrons. The predicted octanol–water partition coefficient (Wildman–Crippen LogP) is 3.81. The first-order valence-electron chi connectivity index (χ1n) is 8.73. The minimum Gasteiger partial charge on any atom is -0.353 e. The Hall–Kier alpha value is -2.30. The van der Waals surface area contributed by atoms with Gasteiger partial charge in [-0.25, -0.2) is 0 Å². The molecule has 1 saturated heterocycles. The van der Waals surface area contributed by atoms with Crippen molar-refractivity contribution in [3.8, 4) is 0 Å². The lowest BCUT2D eigenvalue weighted by atomic mass is 9.91. The summed E-state index contributed by atoms with van der Waals surface area (Å²) in [5, 5.41) is 7.45. The lowest BCUT2D eigenvalue weighted by molar-refractivity contribution is 0.0557. The number of nitrogens with one attached hydrogen (secondary N) is 1. The van der Waals surface area contributed by atoms with E-state index in [0.29, 0.717) is 12.0 Å². The molecule has 0 saturated carbocycles. The van der Waals surface area contributed by atoms with Crippen LogP contribution in [0.4, 0.5) is 11.4 Å². The number of amides is 1. The summed E-state index contributed by atoms with van der Waals surface area (Å²) in [6.07, 6.45) is 7.14. The van der Waals surface area contributed by atoms with Gasteiger partial charge in [-0.05, 0) is 43.9 Å². The zero-order valence-corrected chi connectivity index (χ0v) is 14.7. The van der Waals surface area contributed by atoms with Crippen LogP contribution in [0.3, 0.4) is 0 Å². The minimum atomic E-state index is 0.135. The maximum absolute atomic E-state index is 13.0. The molecule has 0 bridgehead atoms. The topological polar surface area (TPSA) is 50.2 Å². The largest absolute Gasteiger partial charge is 0.353 e. The molecule has 0 spiro atoms. The number of rotatable bonds is 4. The van der Waals surface area contributed by atoms with Crippen molar-refractivity contribution in [3.63, 3.8) is 0 Å². The van der Waals surface area contributed by atoms with Gasteiger partial charge in [-0.15, -0.1) is 0 Å². The van der Waals surface area contributed by atoms with Gasteiger partial charge in [0, 0.05) is 37.1 Å². The number of aryl methyl sites for hydroxylation is 1. The van der Waals surface area contributed by atoms with Gasteiger partial charge in [-0.2, -0.15) is 5.10 Å². The van der Waals surface area contributed by atoms with Gasteiger partial charge in [0.2, 0.25) is 0 Å². The van der Waals surface area contributed by atoms with Crippen molar-refractivity contribution in [3.05, 3.63) is 42.2 Å². The van der Waals surface area contributed by atoms with Gasteiger partial charge in [0.25, 0.3) is 5.91 Å². The fourth-order valence-corrected chi connectivity index (χ4v) is 3.35. The average Bonchev–Trinajstić information content (AvgIpc) is 3.00. The highest BCUT2D eigenvalue weighted by Crippen LogP contribution is 2.26. The summed E-state index contributed by atoms with van der Waals surface area (Å²) in [6.45, 7) is 5.24. The van der Waals surface area contributed by atoms with Crippen molar-refractivity contribution >= 4 is 17.3 Å². The molecule has 0 unspecified atom stereocenters. The van der Waals surface area contributed by atoms with E-state index in [0.717, 1.165) is 36.3 Å². The molecule has 1 aromatic carbocycles.